The van der Waals surface area contributed by atoms with Gasteiger partial charge in [-0.05, 0) is 38.7 Å². The first-order valence-electron chi connectivity index (χ1n) is 3.56. The molecule has 0 aromatic rings. The van der Waals surface area contributed by atoms with Crippen LogP contribution in [0.1, 0.15) is 33.1 Å². The first-order valence-corrected chi connectivity index (χ1v) is 3.56. The number of rotatable bonds is 1. The van der Waals surface area contributed by atoms with E-state index in [1.807, 2.05) is 0 Å². The normalized spacial score (nSPS) is 16.9. The second kappa shape index (κ2) is 2.38. The van der Waals surface area contributed by atoms with Crippen molar-refractivity contribution in [3.8, 4) is 0 Å². The quantitative estimate of drug-likeness (QED) is 0.501. The van der Waals surface area contributed by atoms with Crippen molar-refractivity contribution in [3.63, 3.8) is 0 Å². The van der Waals surface area contributed by atoms with Crippen LogP contribution in [0.3, 0.4) is 0 Å². The van der Waals surface area contributed by atoms with Gasteiger partial charge in [0.05, 0.1) is 0 Å². The Bertz CT molecular complexity index is 155. The molecule has 0 unspecified atom stereocenters. The monoisotopic (exact) mass is 122 g/mol. The van der Waals surface area contributed by atoms with Crippen molar-refractivity contribution in [2.75, 3.05) is 0 Å². The molecule has 0 heteroatoms. The van der Waals surface area contributed by atoms with Gasteiger partial charge < -0.3 is 0 Å². The predicted molar refractivity (Wildman–Crippen MR) is 41.4 cm³/mol. The third-order valence-electron chi connectivity index (χ3n) is 2.13. The van der Waals surface area contributed by atoms with Crippen molar-refractivity contribution < 1.29 is 0 Å². The van der Waals surface area contributed by atoms with Crippen LogP contribution in [-0.2, 0) is 0 Å². The Morgan fingerprint density at radius 2 is 1.89 bits per heavy atom. The van der Waals surface area contributed by atoms with E-state index in [1.165, 1.54) is 30.4 Å². The predicted octanol–water partition coefficient (Wildman–Crippen LogP) is 3.06. The van der Waals surface area contributed by atoms with Crippen LogP contribution in [0.15, 0.2) is 23.3 Å². The van der Waals surface area contributed by atoms with Crippen LogP contribution in [0, 0.1) is 0 Å². The summed E-state index contributed by atoms with van der Waals surface area (Å²) in [6, 6.07) is 0. The van der Waals surface area contributed by atoms with Gasteiger partial charge >= 0.3 is 0 Å². The van der Waals surface area contributed by atoms with Gasteiger partial charge in [-0.3, -0.25) is 0 Å². The lowest BCUT2D eigenvalue weighted by molar-refractivity contribution is 0.652. The molecule has 1 aliphatic carbocycles. The SMILES string of the molecule is C=C(C)C(C)=C1CCC1. The van der Waals surface area contributed by atoms with Crippen LogP contribution in [0.2, 0.25) is 0 Å². The van der Waals surface area contributed by atoms with E-state index in [0.29, 0.717) is 0 Å². The smallest absolute Gasteiger partial charge is 0.0311 e. The molecular formula is C9H14. The van der Waals surface area contributed by atoms with Gasteiger partial charge in [-0.1, -0.05) is 17.7 Å². The summed E-state index contributed by atoms with van der Waals surface area (Å²) < 4.78 is 0. The summed E-state index contributed by atoms with van der Waals surface area (Å²) in [7, 11) is 0. The van der Waals surface area contributed by atoms with E-state index in [1.54, 1.807) is 5.57 Å². The van der Waals surface area contributed by atoms with Crippen molar-refractivity contribution in [2.45, 2.75) is 33.1 Å². The van der Waals surface area contributed by atoms with Gasteiger partial charge in [0.25, 0.3) is 0 Å². The molecule has 0 aromatic carbocycles. The second-order valence-corrected chi connectivity index (χ2v) is 2.86. The summed E-state index contributed by atoms with van der Waals surface area (Å²) in [6.45, 7) is 8.16. The number of allylic oxidation sites excluding steroid dienone is 3. The molecule has 0 N–H and O–H groups in total. The maximum absolute atomic E-state index is 3.90. The van der Waals surface area contributed by atoms with E-state index in [9.17, 15) is 0 Å². The van der Waals surface area contributed by atoms with Gasteiger partial charge in [0.2, 0.25) is 0 Å². The minimum Gasteiger partial charge on any atom is -0.0959 e. The highest BCUT2D eigenvalue weighted by Gasteiger charge is 2.10. The lowest BCUT2D eigenvalue weighted by atomic mass is 9.86. The van der Waals surface area contributed by atoms with Gasteiger partial charge in [-0.15, -0.1) is 0 Å². The van der Waals surface area contributed by atoms with E-state index < -0.39 is 0 Å². The molecule has 1 rings (SSSR count). The van der Waals surface area contributed by atoms with E-state index in [0.717, 1.165) is 0 Å². The summed E-state index contributed by atoms with van der Waals surface area (Å²) in [4.78, 5) is 0. The van der Waals surface area contributed by atoms with Crippen molar-refractivity contribution in [3.05, 3.63) is 23.3 Å². The fourth-order valence-corrected chi connectivity index (χ4v) is 1.03. The van der Waals surface area contributed by atoms with Crippen LogP contribution in [0.5, 0.6) is 0 Å². The molecule has 9 heavy (non-hydrogen) atoms. The Morgan fingerprint density at radius 1 is 1.33 bits per heavy atom. The highest BCUT2D eigenvalue weighted by Crippen LogP contribution is 2.30. The third kappa shape index (κ3) is 1.24. The molecule has 1 fully saturated rings. The minimum atomic E-state index is 1.24. The van der Waals surface area contributed by atoms with E-state index in [4.69, 9.17) is 0 Å². The van der Waals surface area contributed by atoms with E-state index >= 15 is 0 Å². The summed E-state index contributed by atoms with van der Waals surface area (Å²) >= 11 is 0. The molecule has 0 nitrogen and oxygen atoms in total. The molecule has 0 radical (unpaired) electrons. The average Bonchev–Trinajstić information content (AvgIpc) is 1.60. The minimum absolute atomic E-state index is 1.24. The van der Waals surface area contributed by atoms with Crippen LogP contribution in [-0.4, -0.2) is 0 Å². The number of hydrogen-bond acceptors (Lipinski definition) is 0. The Hall–Kier alpha value is -0.520. The summed E-state index contributed by atoms with van der Waals surface area (Å²) in [5.74, 6) is 0. The molecule has 0 amide bonds. The van der Waals surface area contributed by atoms with Crippen LogP contribution >= 0.6 is 0 Å². The Labute approximate surface area is 57.3 Å². The lowest BCUT2D eigenvalue weighted by Gasteiger charge is -2.19. The van der Waals surface area contributed by atoms with Crippen molar-refractivity contribution in [1.82, 2.24) is 0 Å². The van der Waals surface area contributed by atoms with E-state index in [2.05, 4.69) is 20.4 Å². The second-order valence-electron chi connectivity index (χ2n) is 2.86. The summed E-state index contributed by atoms with van der Waals surface area (Å²) in [6.07, 6.45) is 4.03. The summed E-state index contributed by atoms with van der Waals surface area (Å²) in [5.41, 5.74) is 4.31. The Kier molecular flexibility index (Phi) is 1.75. The zero-order valence-corrected chi connectivity index (χ0v) is 6.33. The molecule has 1 aliphatic rings. The largest absolute Gasteiger partial charge is 0.0959 e. The van der Waals surface area contributed by atoms with Crippen molar-refractivity contribution >= 4 is 0 Å². The Balaban J connectivity index is 2.67. The number of hydrogen-bond donors (Lipinski definition) is 0. The van der Waals surface area contributed by atoms with Crippen molar-refractivity contribution in [2.24, 2.45) is 0 Å². The summed E-state index contributed by atoms with van der Waals surface area (Å²) in [5, 5.41) is 0. The van der Waals surface area contributed by atoms with Gasteiger partial charge in [0, 0.05) is 0 Å². The third-order valence-corrected chi connectivity index (χ3v) is 2.13. The fourth-order valence-electron chi connectivity index (χ4n) is 1.03. The van der Waals surface area contributed by atoms with E-state index in [-0.39, 0.29) is 0 Å². The Morgan fingerprint density at radius 3 is 2.00 bits per heavy atom. The van der Waals surface area contributed by atoms with Gasteiger partial charge in [-0.2, -0.15) is 0 Å². The zero-order valence-electron chi connectivity index (χ0n) is 6.33. The van der Waals surface area contributed by atoms with Crippen LogP contribution in [0.25, 0.3) is 0 Å². The highest BCUT2D eigenvalue weighted by molar-refractivity contribution is 5.32. The standard InChI is InChI=1S/C9H14/c1-7(2)8(3)9-5-4-6-9/h1,4-6H2,2-3H3. The molecule has 0 spiro atoms. The highest BCUT2D eigenvalue weighted by atomic mass is 14.2. The molecule has 0 aliphatic heterocycles. The molecular weight excluding hydrogens is 108 g/mol. The lowest BCUT2D eigenvalue weighted by Crippen LogP contribution is -2.00. The fraction of sp³-hybridized carbons (Fsp3) is 0.556. The molecule has 1 saturated carbocycles. The topological polar surface area (TPSA) is 0 Å². The van der Waals surface area contributed by atoms with Crippen molar-refractivity contribution in [1.29, 1.82) is 0 Å². The molecule has 0 aromatic heterocycles. The molecule has 0 heterocycles. The first-order chi connectivity index (χ1) is 4.22. The molecule has 0 atom stereocenters. The first kappa shape index (κ1) is 6.60. The maximum Gasteiger partial charge on any atom is -0.0311 e. The zero-order chi connectivity index (χ0) is 6.85. The maximum atomic E-state index is 3.90. The molecule has 50 valence electrons. The average molecular weight is 122 g/mol. The molecule has 0 saturated heterocycles. The molecule has 0 bridgehead atoms. The van der Waals surface area contributed by atoms with Gasteiger partial charge in [0.1, 0.15) is 0 Å². The van der Waals surface area contributed by atoms with Crippen LogP contribution in [0.4, 0.5) is 0 Å². The van der Waals surface area contributed by atoms with Crippen LogP contribution < -0.4 is 0 Å². The van der Waals surface area contributed by atoms with Gasteiger partial charge in [-0.25, -0.2) is 0 Å². The van der Waals surface area contributed by atoms with Gasteiger partial charge in [0.15, 0.2) is 0 Å².